The Labute approximate surface area is 212 Å². The average molecular weight is 527 g/mol. The molecule has 4 aromatic rings. The van der Waals surface area contributed by atoms with Crippen molar-refractivity contribution in [3.63, 3.8) is 0 Å². The molecule has 36 heavy (non-hydrogen) atoms. The number of carbonyl (C=O) groups excluding carboxylic acids is 1. The summed E-state index contributed by atoms with van der Waals surface area (Å²) in [6.07, 6.45) is 1.33. The van der Waals surface area contributed by atoms with Crippen LogP contribution >= 0.6 is 11.3 Å². The smallest absolute Gasteiger partial charge is 0.280 e. The summed E-state index contributed by atoms with van der Waals surface area (Å²) in [4.78, 5) is 25.4. The van der Waals surface area contributed by atoms with Gasteiger partial charge in [0.2, 0.25) is 0 Å². The Morgan fingerprint density at radius 3 is 2.75 bits per heavy atom. The number of carbonyl (C=O) groups is 1. The van der Waals surface area contributed by atoms with E-state index in [2.05, 4.69) is 39.4 Å². The van der Waals surface area contributed by atoms with Gasteiger partial charge in [-0.1, -0.05) is 26.8 Å². The van der Waals surface area contributed by atoms with Crippen LogP contribution in [0.1, 0.15) is 58.4 Å². The van der Waals surface area contributed by atoms with E-state index in [0.717, 1.165) is 33.7 Å². The molecule has 1 aliphatic heterocycles. The maximum absolute atomic E-state index is 12.8. The van der Waals surface area contributed by atoms with E-state index in [1.807, 2.05) is 18.2 Å². The molecular formula is C24H26N6O4S2. The highest BCUT2D eigenvalue weighted by atomic mass is 32.2. The summed E-state index contributed by atoms with van der Waals surface area (Å²) < 4.78 is 28.7. The molecule has 12 heteroatoms. The molecular weight excluding hydrogens is 500 g/mol. The van der Waals surface area contributed by atoms with Gasteiger partial charge in [0.15, 0.2) is 14.8 Å². The number of amides is 1. The van der Waals surface area contributed by atoms with Gasteiger partial charge in [-0.15, -0.1) is 11.3 Å². The minimum atomic E-state index is -3.30. The summed E-state index contributed by atoms with van der Waals surface area (Å²) in [5, 5.41) is 11.1. The molecule has 5 rings (SSSR count). The predicted molar refractivity (Wildman–Crippen MR) is 134 cm³/mol. The third kappa shape index (κ3) is 4.75. The zero-order valence-corrected chi connectivity index (χ0v) is 21.8. The van der Waals surface area contributed by atoms with E-state index in [1.165, 1.54) is 23.6 Å². The molecule has 1 aliphatic rings. The first kappa shape index (κ1) is 24.5. The summed E-state index contributed by atoms with van der Waals surface area (Å²) in [6.45, 7) is 7.54. The Kier molecular flexibility index (Phi) is 6.58. The van der Waals surface area contributed by atoms with Gasteiger partial charge in [-0.25, -0.2) is 18.0 Å². The number of sulfone groups is 1. The fourth-order valence-electron chi connectivity index (χ4n) is 4.43. The largest absolute Gasteiger partial charge is 0.344 e. The topological polar surface area (TPSA) is 131 Å². The van der Waals surface area contributed by atoms with E-state index in [4.69, 9.17) is 9.61 Å². The van der Waals surface area contributed by atoms with Crippen molar-refractivity contribution >= 4 is 38.1 Å². The van der Waals surface area contributed by atoms with Crippen molar-refractivity contribution in [2.24, 2.45) is 5.92 Å². The first-order chi connectivity index (χ1) is 17.2. The molecule has 4 heterocycles. The summed E-state index contributed by atoms with van der Waals surface area (Å²) in [5.41, 5.74) is 4.11. The van der Waals surface area contributed by atoms with E-state index >= 15 is 0 Å². The Morgan fingerprint density at radius 2 is 2.03 bits per heavy atom. The lowest BCUT2D eigenvalue weighted by Gasteiger charge is -2.27. The number of hydrogen-bond acceptors (Lipinski definition) is 10. The highest BCUT2D eigenvalue weighted by molar-refractivity contribution is 7.91. The Bertz CT molecular complexity index is 1510. The van der Waals surface area contributed by atoms with Crippen LogP contribution in [0.2, 0.25) is 0 Å². The Morgan fingerprint density at radius 1 is 1.22 bits per heavy atom. The second-order valence-electron chi connectivity index (χ2n) is 9.08. The van der Waals surface area contributed by atoms with Gasteiger partial charge in [0.05, 0.1) is 34.6 Å². The number of thiazole rings is 1. The second-order valence-corrected chi connectivity index (χ2v) is 12.4. The van der Waals surface area contributed by atoms with Crippen LogP contribution in [0, 0.1) is 5.92 Å². The molecule has 1 unspecified atom stereocenters. The van der Waals surface area contributed by atoms with Crippen LogP contribution in [0.15, 0.2) is 46.1 Å². The first-order valence-electron chi connectivity index (χ1n) is 11.7. The van der Waals surface area contributed by atoms with E-state index in [1.54, 1.807) is 13.0 Å². The highest BCUT2D eigenvalue weighted by Crippen LogP contribution is 2.41. The van der Waals surface area contributed by atoms with Gasteiger partial charge in [0.25, 0.3) is 5.91 Å². The highest BCUT2D eigenvalue weighted by Gasteiger charge is 2.36. The molecule has 0 fully saturated rings. The van der Waals surface area contributed by atoms with Crippen LogP contribution in [0.3, 0.4) is 0 Å². The molecule has 0 spiro atoms. The van der Waals surface area contributed by atoms with Gasteiger partial charge >= 0.3 is 0 Å². The van der Waals surface area contributed by atoms with Crippen LogP contribution in [0.4, 0.5) is 0 Å². The zero-order valence-electron chi connectivity index (χ0n) is 20.1. The fraction of sp³-hybridized carbons (Fsp3) is 0.375. The standard InChI is InChI=1S/C24H26N6O4S2/c1-4-36(32,33)17-7-6-16(25-11-17)10-26-23(31)24-27-21-20(35-24)13-30(22(21)14(2)3)12-15-5-8-18-19(9-15)29-34-28-18/h5-9,11,14,22H,4,10,12-13H2,1-3H3,(H,26,31). The summed E-state index contributed by atoms with van der Waals surface area (Å²) in [5.74, 6) is 0.0612. The molecule has 188 valence electrons. The number of hydrogen-bond donors (Lipinski definition) is 1. The SMILES string of the molecule is CCS(=O)(=O)c1ccc(CNC(=O)c2nc3c(s2)CN(Cc2ccc4nonc4c2)C3C(C)C)nc1. The summed E-state index contributed by atoms with van der Waals surface area (Å²) >= 11 is 1.41. The molecule has 1 atom stereocenters. The molecule has 0 saturated carbocycles. The molecule has 0 aliphatic carbocycles. The van der Waals surface area contributed by atoms with Gasteiger partial charge in [0, 0.05) is 24.2 Å². The van der Waals surface area contributed by atoms with Gasteiger partial charge in [0.1, 0.15) is 11.0 Å². The fourth-order valence-corrected chi connectivity index (χ4v) is 6.29. The number of nitrogens with one attached hydrogen (secondary N) is 1. The van der Waals surface area contributed by atoms with Gasteiger partial charge in [-0.2, -0.15) is 0 Å². The average Bonchev–Trinajstić information content (AvgIpc) is 3.56. The third-order valence-corrected chi connectivity index (χ3v) is 9.02. The van der Waals surface area contributed by atoms with Gasteiger partial charge < -0.3 is 5.32 Å². The van der Waals surface area contributed by atoms with E-state index in [9.17, 15) is 13.2 Å². The van der Waals surface area contributed by atoms with Crippen LogP contribution in [0.5, 0.6) is 0 Å². The maximum atomic E-state index is 12.8. The van der Waals surface area contributed by atoms with Crippen molar-refractivity contribution in [1.82, 2.24) is 30.5 Å². The number of pyridine rings is 1. The maximum Gasteiger partial charge on any atom is 0.280 e. The molecule has 0 bridgehead atoms. The van der Waals surface area contributed by atoms with Crippen LogP contribution in [0.25, 0.3) is 11.0 Å². The zero-order chi connectivity index (χ0) is 25.4. The second kappa shape index (κ2) is 9.68. The van der Waals surface area contributed by atoms with E-state index in [0.29, 0.717) is 23.2 Å². The molecule has 1 aromatic carbocycles. The van der Waals surface area contributed by atoms with Crippen LogP contribution in [-0.2, 0) is 29.5 Å². The molecule has 0 radical (unpaired) electrons. The number of aromatic nitrogens is 4. The van der Waals surface area contributed by atoms with Crippen LogP contribution in [-0.4, -0.2) is 45.3 Å². The summed E-state index contributed by atoms with van der Waals surface area (Å²) in [6, 6.07) is 9.15. The molecule has 10 nitrogen and oxygen atoms in total. The molecule has 1 amide bonds. The van der Waals surface area contributed by atoms with Crippen molar-refractivity contribution in [2.75, 3.05) is 5.75 Å². The van der Waals surface area contributed by atoms with Crippen molar-refractivity contribution in [2.45, 2.75) is 51.3 Å². The quantitative estimate of drug-likeness (QED) is 0.366. The minimum Gasteiger partial charge on any atom is -0.344 e. The normalized spacial score (nSPS) is 16.1. The lowest BCUT2D eigenvalue weighted by atomic mass is 10.0. The van der Waals surface area contributed by atoms with Crippen molar-refractivity contribution in [3.8, 4) is 0 Å². The first-order valence-corrected chi connectivity index (χ1v) is 14.1. The van der Waals surface area contributed by atoms with Crippen molar-refractivity contribution in [3.05, 3.63) is 63.4 Å². The lowest BCUT2D eigenvalue weighted by molar-refractivity contribution is 0.0948. The molecule has 3 aromatic heterocycles. The number of benzene rings is 1. The monoisotopic (exact) mass is 526 g/mol. The number of fused-ring (bicyclic) bond motifs is 2. The van der Waals surface area contributed by atoms with Gasteiger partial charge in [-0.3, -0.25) is 14.7 Å². The summed E-state index contributed by atoms with van der Waals surface area (Å²) in [7, 11) is -3.30. The molecule has 1 N–H and O–H groups in total. The van der Waals surface area contributed by atoms with Gasteiger partial charge in [-0.05, 0) is 46.1 Å². The number of nitrogens with zero attached hydrogens (tertiary/aromatic N) is 5. The Hall–Kier alpha value is -3.22. The van der Waals surface area contributed by atoms with E-state index in [-0.39, 0.29) is 29.1 Å². The van der Waals surface area contributed by atoms with E-state index < -0.39 is 9.84 Å². The van der Waals surface area contributed by atoms with Crippen molar-refractivity contribution in [1.29, 1.82) is 0 Å². The minimum absolute atomic E-state index is 0.0165. The number of rotatable bonds is 8. The Balaban J connectivity index is 1.26. The molecule has 0 saturated heterocycles. The predicted octanol–water partition coefficient (Wildman–Crippen LogP) is 3.51. The lowest BCUT2D eigenvalue weighted by Crippen LogP contribution is -2.27. The third-order valence-electron chi connectivity index (χ3n) is 6.24. The van der Waals surface area contributed by atoms with Crippen LogP contribution < -0.4 is 5.32 Å². The van der Waals surface area contributed by atoms with Crippen molar-refractivity contribution < 1.29 is 17.8 Å².